The average Bonchev–Trinajstić information content (AvgIpc) is 2.87. The number of carbonyl (C=O) groups excluding carboxylic acids is 1. The number of carboxylic acids is 2. The third kappa shape index (κ3) is 12.7. The van der Waals surface area contributed by atoms with Gasteiger partial charge in [0.1, 0.15) is 5.75 Å². The smallest absolute Gasteiger partial charge is 0.482 e. The van der Waals surface area contributed by atoms with Crippen molar-refractivity contribution in [1.82, 2.24) is 9.88 Å². The Morgan fingerprint density at radius 1 is 1.00 bits per heavy atom. The predicted molar refractivity (Wildman–Crippen MR) is 125 cm³/mol. The molecule has 1 saturated heterocycles. The van der Waals surface area contributed by atoms with Crippen molar-refractivity contribution in [3.63, 3.8) is 0 Å². The number of benzene rings is 1. The van der Waals surface area contributed by atoms with Gasteiger partial charge in [-0.2, -0.15) is 26.3 Å². The number of piperidine rings is 1. The summed E-state index contributed by atoms with van der Waals surface area (Å²) in [4.78, 5) is 35.9. The fourth-order valence-corrected chi connectivity index (χ4v) is 3.31. The molecule has 0 radical (unpaired) electrons. The fraction of sp³-hybridized carbons (Fsp3) is 0.391. The second kappa shape index (κ2) is 15.1. The van der Waals surface area contributed by atoms with Crippen LogP contribution in [0.3, 0.4) is 0 Å². The number of pyridine rings is 1. The number of likely N-dealkylation sites (tertiary alicyclic amines) is 1. The van der Waals surface area contributed by atoms with E-state index in [1.807, 2.05) is 11.0 Å². The molecule has 1 amide bonds. The van der Waals surface area contributed by atoms with E-state index < -0.39 is 24.3 Å². The van der Waals surface area contributed by atoms with Gasteiger partial charge in [0, 0.05) is 31.9 Å². The maximum Gasteiger partial charge on any atom is 0.490 e. The third-order valence-electron chi connectivity index (χ3n) is 5.03. The molecule has 1 aromatic carbocycles. The monoisotopic (exact) mass is 587 g/mol. The van der Waals surface area contributed by atoms with Crippen molar-refractivity contribution in [3.8, 4) is 5.75 Å². The van der Waals surface area contributed by atoms with Crippen molar-refractivity contribution in [2.45, 2.75) is 37.7 Å². The number of aromatic nitrogens is 1. The van der Waals surface area contributed by atoms with Gasteiger partial charge in [-0.1, -0.05) is 35.9 Å². The van der Waals surface area contributed by atoms with Crippen LogP contribution in [-0.4, -0.2) is 70.0 Å². The zero-order valence-electron chi connectivity index (χ0n) is 20.0. The minimum absolute atomic E-state index is 0.00543. The molecule has 0 atom stereocenters. The Morgan fingerprint density at radius 3 is 2.00 bits per heavy atom. The van der Waals surface area contributed by atoms with E-state index in [9.17, 15) is 31.1 Å². The van der Waals surface area contributed by atoms with Gasteiger partial charge in [-0.25, -0.2) is 9.59 Å². The van der Waals surface area contributed by atoms with Crippen molar-refractivity contribution in [2.75, 3.05) is 19.7 Å². The summed E-state index contributed by atoms with van der Waals surface area (Å²) in [5.41, 5.74) is 8.19. The summed E-state index contributed by atoms with van der Waals surface area (Å²) in [5.74, 6) is -4.53. The van der Waals surface area contributed by atoms with Gasteiger partial charge < -0.3 is 25.6 Å². The Hall–Kier alpha value is -3.59. The SMILES string of the molecule is NCc1cccc(C2CCN(C(=O)COc3cncc(Cl)c3)CC2)c1.O=C(O)C(F)(F)F.O=C(O)C(F)(F)F. The minimum Gasteiger partial charge on any atom is -0.482 e. The van der Waals surface area contributed by atoms with Crippen molar-refractivity contribution in [2.24, 2.45) is 5.73 Å². The van der Waals surface area contributed by atoms with E-state index in [0.717, 1.165) is 31.5 Å². The van der Waals surface area contributed by atoms with Gasteiger partial charge in [-0.05, 0) is 29.9 Å². The van der Waals surface area contributed by atoms with E-state index in [4.69, 9.17) is 41.9 Å². The van der Waals surface area contributed by atoms with Crippen LogP contribution in [0.1, 0.15) is 29.9 Å². The molecule has 39 heavy (non-hydrogen) atoms. The van der Waals surface area contributed by atoms with Crippen LogP contribution in [-0.2, 0) is 20.9 Å². The maximum atomic E-state index is 12.3. The number of rotatable bonds is 5. The van der Waals surface area contributed by atoms with Gasteiger partial charge in [0.05, 0.1) is 11.2 Å². The van der Waals surface area contributed by atoms with Crippen LogP contribution in [0, 0.1) is 0 Å². The highest BCUT2D eigenvalue weighted by Gasteiger charge is 2.38. The van der Waals surface area contributed by atoms with Crippen LogP contribution in [0.25, 0.3) is 0 Å². The van der Waals surface area contributed by atoms with Gasteiger partial charge in [-0.3, -0.25) is 9.78 Å². The average molecular weight is 588 g/mol. The molecule has 1 aliphatic heterocycles. The molecule has 0 aliphatic carbocycles. The van der Waals surface area contributed by atoms with Crippen LogP contribution >= 0.6 is 11.6 Å². The number of amides is 1. The first-order valence-electron chi connectivity index (χ1n) is 10.9. The van der Waals surface area contributed by atoms with E-state index >= 15 is 0 Å². The lowest BCUT2D eigenvalue weighted by molar-refractivity contribution is -0.193. The number of ether oxygens (including phenoxy) is 1. The second-order valence-electron chi connectivity index (χ2n) is 7.84. The van der Waals surface area contributed by atoms with Crippen LogP contribution in [0.4, 0.5) is 26.3 Å². The molecule has 4 N–H and O–H groups in total. The molecule has 3 rings (SSSR count). The third-order valence-corrected chi connectivity index (χ3v) is 5.24. The number of aliphatic carboxylic acids is 2. The Balaban J connectivity index is 0.000000449. The Morgan fingerprint density at radius 2 is 1.54 bits per heavy atom. The summed E-state index contributed by atoms with van der Waals surface area (Å²) in [6.45, 7) is 2.05. The lowest BCUT2D eigenvalue weighted by Gasteiger charge is -2.32. The number of carbonyl (C=O) groups is 3. The number of halogens is 7. The Kier molecular flexibility index (Phi) is 13.0. The van der Waals surface area contributed by atoms with Crippen molar-refractivity contribution in [3.05, 3.63) is 58.9 Å². The zero-order valence-corrected chi connectivity index (χ0v) is 20.8. The normalized spacial score (nSPS) is 13.8. The fourth-order valence-electron chi connectivity index (χ4n) is 3.14. The van der Waals surface area contributed by atoms with Gasteiger partial charge in [0.15, 0.2) is 6.61 Å². The highest BCUT2D eigenvalue weighted by molar-refractivity contribution is 6.30. The van der Waals surface area contributed by atoms with Gasteiger partial charge in [0.25, 0.3) is 5.91 Å². The highest BCUT2D eigenvalue weighted by atomic mass is 35.5. The number of nitrogens with two attached hydrogens (primary N) is 1. The molecule has 0 spiro atoms. The molecule has 2 aromatic rings. The molecule has 1 aliphatic rings. The molecule has 16 heteroatoms. The lowest BCUT2D eigenvalue weighted by atomic mass is 9.88. The summed E-state index contributed by atoms with van der Waals surface area (Å²) in [6.07, 6.45) is -5.17. The van der Waals surface area contributed by atoms with Crippen molar-refractivity contribution >= 4 is 29.4 Å². The summed E-state index contributed by atoms with van der Waals surface area (Å²) in [7, 11) is 0. The highest BCUT2D eigenvalue weighted by Crippen LogP contribution is 2.28. The van der Waals surface area contributed by atoms with E-state index in [1.165, 1.54) is 11.8 Å². The molecule has 1 aromatic heterocycles. The molecular weight excluding hydrogens is 564 g/mol. The maximum absolute atomic E-state index is 12.3. The first-order valence-corrected chi connectivity index (χ1v) is 11.3. The molecule has 0 unspecified atom stereocenters. The summed E-state index contributed by atoms with van der Waals surface area (Å²) < 4.78 is 69.0. The van der Waals surface area contributed by atoms with Crippen LogP contribution < -0.4 is 10.5 Å². The quantitative estimate of drug-likeness (QED) is 0.441. The number of carboxylic acid groups (broad SMARTS) is 2. The molecule has 1 fully saturated rings. The molecule has 9 nitrogen and oxygen atoms in total. The minimum atomic E-state index is -5.08. The largest absolute Gasteiger partial charge is 0.490 e. The van der Waals surface area contributed by atoms with Gasteiger partial charge >= 0.3 is 24.3 Å². The van der Waals surface area contributed by atoms with E-state index in [1.54, 1.807) is 12.3 Å². The van der Waals surface area contributed by atoms with E-state index in [2.05, 4.69) is 23.2 Å². The first kappa shape index (κ1) is 33.4. The summed E-state index contributed by atoms with van der Waals surface area (Å²) >= 11 is 5.86. The number of alkyl halides is 6. The standard InChI is InChI=1S/C19H22ClN3O2.2C2HF3O2/c20-17-9-18(12-22-11-17)25-13-19(24)23-6-4-15(5-7-23)16-3-1-2-14(8-16)10-21;2*3-2(4,5)1(6)7/h1-3,8-9,11-12,15H,4-7,10,13,21H2;2*(H,6,7). The Labute approximate surface area is 223 Å². The lowest BCUT2D eigenvalue weighted by Crippen LogP contribution is -2.40. The van der Waals surface area contributed by atoms with Crippen molar-refractivity contribution in [1.29, 1.82) is 0 Å². The van der Waals surface area contributed by atoms with Crippen LogP contribution in [0.5, 0.6) is 5.75 Å². The first-order chi connectivity index (χ1) is 18.0. The Bertz CT molecular complexity index is 1080. The zero-order chi connectivity index (χ0) is 29.8. The number of hydrogen-bond acceptors (Lipinski definition) is 6. The number of nitrogens with zero attached hydrogens (tertiary/aromatic N) is 2. The van der Waals surface area contributed by atoms with Gasteiger partial charge in [-0.15, -0.1) is 0 Å². The molecule has 216 valence electrons. The molecule has 0 saturated carbocycles. The van der Waals surface area contributed by atoms with Crippen molar-refractivity contribution < 1.29 is 55.7 Å². The topological polar surface area (TPSA) is 143 Å². The van der Waals surface area contributed by atoms with E-state index in [-0.39, 0.29) is 12.5 Å². The summed E-state index contributed by atoms with van der Waals surface area (Å²) in [6, 6.07) is 10.1. The second-order valence-corrected chi connectivity index (χ2v) is 8.27. The summed E-state index contributed by atoms with van der Waals surface area (Å²) in [5, 5.41) is 14.7. The van der Waals surface area contributed by atoms with E-state index in [0.29, 0.717) is 23.2 Å². The predicted octanol–water partition coefficient (Wildman–Crippen LogP) is 4.25. The molecular formula is C23H24ClF6N3O6. The molecule has 2 heterocycles. The number of hydrogen-bond donors (Lipinski definition) is 3. The van der Waals surface area contributed by atoms with Crippen LogP contribution in [0.15, 0.2) is 42.7 Å². The molecule has 0 bridgehead atoms. The van der Waals surface area contributed by atoms with Gasteiger partial charge in [0.2, 0.25) is 0 Å². The van der Waals surface area contributed by atoms with Crippen LogP contribution in [0.2, 0.25) is 5.02 Å².